The number of benzene rings is 1. The molecule has 0 aliphatic rings. The zero-order valence-corrected chi connectivity index (χ0v) is 15.9. The maximum absolute atomic E-state index is 12.7. The third-order valence-corrected chi connectivity index (χ3v) is 5.31. The summed E-state index contributed by atoms with van der Waals surface area (Å²) in [5, 5.41) is 8.56. The largest absolute Gasteiger partial charge is 0.354 e. The van der Waals surface area contributed by atoms with Crippen LogP contribution in [0.5, 0.6) is 0 Å². The lowest BCUT2D eigenvalue weighted by atomic mass is 10.1. The molecular weight excluding hydrogens is 370 g/mol. The normalized spacial score (nSPS) is 11.7. The predicted molar refractivity (Wildman–Crippen MR) is 103 cm³/mol. The number of aromatic nitrogens is 3. The molecule has 1 aromatic carbocycles. The van der Waals surface area contributed by atoms with E-state index in [1.54, 1.807) is 25.4 Å². The molecule has 0 saturated heterocycles. The zero-order chi connectivity index (χ0) is 19.9. The molecule has 0 spiro atoms. The number of hydrogen-bond donors (Lipinski definition) is 2. The second-order valence-electron chi connectivity index (χ2n) is 6.11. The first-order chi connectivity index (χ1) is 12.6. The average Bonchev–Trinajstić information content (AvgIpc) is 2.64. The fourth-order valence-electron chi connectivity index (χ4n) is 2.85. The molecule has 0 bridgehead atoms. The summed E-state index contributed by atoms with van der Waals surface area (Å²) in [5.41, 5.74) is 1.23. The molecule has 0 radical (unpaired) electrons. The van der Waals surface area contributed by atoms with Crippen LogP contribution in [0.2, 0.25) is 0 Å². The van der Waals surface area contributed by atoms with Crippen molar-refractivity contribution < 1.29 is 8.42 Å². The van der Waals surface area contributed by atoms with E-state index < -0.39 is 21.3 Å². The Morgan fingerprint density at radius 2 is 1.74 bits per heavy atom. The van der Waals surface area contributed by atoms with Crippen molar-refractivity contribution in [3.05, 3.63) is 56.9 Å². The number of pyridine rings is 1. The van der Waals surface area contributed by atoms with Gasteiger partial charge in [-0.3, -0.25) is 13.9 Å². The van der Waals surface area contributed by atoms with Crippen LogP contribution in [0.3, 0.4) is 0 Å². The molecule has 3 rings (SSSR count). The maximum atomic E-state index is 12.7. The van der Waals surface area contributed by atoms with E-state index in [2.05, 4.69) is 10.3 Å². The van der Waals surface area contributed by atoms with Crippen molar-refractivity contribution in [2.75, 3.05) is 5.32 Å². The highest BCUT2D eigenvalue weighted by molar-refractivity contribution is 7.89. The van der Waals surface area contributed by atoms with Crippen LogP contribution < -0.4 is 21.7 Å². The number of nitrogens with zero attached hydrogens (tertiary/aromatic N) is 3. The van der Waals surface area contributed by atoms with E-state index in [9.17, 15) is 18.0 Å². The van der Waals surface area contributed by atoms with Crippen molar-refractivity contribution in [1.82, 2.24) is 14.1 Å². The van der Waals surface area contributed by atoms with E-state index in [4.69, 9.17) is 5.14 Å². The van der Waals surface area contributed by atoms with E-state index in [-0.39, 0.29) is 15.9 Å². The Hall–Kier alpha value is -2.98. The molecule has 10 heteroatoms. The van der Waals surface area contributed by atoms with Crippen molar-refractivity contribution in [3.8, 4) is 0 Å². The third-order valence-electron chi connectivity index (χ3n) is 4.38. The van der Waals surface area contributed by atoms with Gasteiger partial charge in [-0.2, -0.15) is 0 Å². The molecule has 0 amide bonds. The van der Waals surface area contributed by atoms with E-state index in [0.717, 1.165) is 10.1 Å². The SMILES string of the molecule is CCc1cnc2c(c1Nc1ccc(S(N)(=O)=O)cc1)c(=O)n(C)c(=O)n2C. The van der Waals surface area contributed by atoms with E-state index in [1.165, 1.54) is 23.7 Å². The van der Waals surface area contributed by atoms with E-state index in [0.29, 0.717) is 17.8 Å². The van der Waals surface area contributed by atoms with Gasteiger partial charge < -0.3 is 5.32 Å². The Labute approximate surface area is 155 Å². The van der Waals surface area contributed by atoms with Crippen molar-refractivity contribution in [2.45, 2.75) is 18.2 Å². The van der Waals surface area contributed by atoms with Gasteiger partial charge in [0.2, 0.25) is 10.0 Å². The van der Waals surface area contributed by atoms with Gasteiger partial charge in [0.15, 0.2) is 5.65 Å². The zero-order valence-electron chi connectivity index (χ0n) is 15.1. The van der Waals surface area contributed by atoms with Crippen molar-refractivity contribution in [2.24, 2.45) is 19.2 Å². The quantitative estimate of drug-likeness (QED) is 0.672. The summed E-state index contributed by atoms with van der Waals surface area (Å²) in [5.74, 6) is 0. The van der Waals surface area contributed by atoms with Crippen molar-refractivity contribution >= 4 is 32.4 Å². The van der Waals surface area contributed by atoms with Gasteiger partial charge in [-0.1, -0.05) is 6.92 Å². The first-order valence-electron chi connectivity index (χ1n) is 8.12. The first kappa shape index (κ1) is 18.8. The van der Waals surface area contributed by atoms with Gasteiger partial charge in [0.25, 0.3) is 5.56 Å². The molecule has 0 saturated carbocycles. The Morgan fingerprint density at radius 1 is 1.11 bits per heavy atom. The van der Waals surface area contributed by atoms with Gasteiger partial charge in [-0.05, 0) is 36.2 Å². The highest BCUT2D eigenvalue weighted by Crippen LogP contribution is 2.27. The van der Waals surface area contributed by atoms with Crippen LogP contribution in [-0.2, 0) is 30.5 Å². The summed E-state index contributed by atoms with van der Waals surface area (Å²) in [6.45, 7) is 1.92. The lowest BCUT2D eigenvalue weighted by Gasteiger charge is -2.15. The third kappa shape index (κ3) is 3.24. The molecule has 0 atom stereocenters. The minimum atomic E-state index is -3.79. The predicted octanol–water partition coefficient (Wildman–Crippen LogP) is 0.586. The summed E-state index contributed by atoms with van der Waals surface area (Å²) >= 11 is 0. The van der Waals surface area contributed by atoms with Crippen LogP contribution in [0.15, 0.2) is 44.9 Å². The molecule has 0 fully saturated rings. The summed E-state index contributed by atoms with van der Waals surface area (Å²) in [6, 6.07) is 5.86. The number of anilines is 2. The molecular formula is C17H19N5O4S. The first-order valence-corrected chi connectivity index (χ1v) is 9.67. The second-order valence-corrected chi connectivity index (χ2v) is 7.67. The lowest BCUT2D eigenvalue weighted by molar-refractivity contribution is 0.598. The smallest absolute Gasteiger partial charge is 0.332 e. The minimum absolute atomic E-state index is 0.0124. The molecule has 9 nitrogen and oxygen atoms in total. The lowest BCUT2D eigenvalue weighted by Crippen LogP contribution is -2.37. The van der Waals surface area contributed by atoms with Gasteiger partial charge >= 0.3 is 5.69 Å². The van der Waals surface area contributed by atoms with E-state index >= 15 is 0 Å². The number of nitrogens with two attached hydrogens (primary N) is 1. The van der Waals surface area contributed by atoms with Gasteiger partial charge in [0.1, 0.15) is 5.39 Å². The molecule has 0 unspecified atom stereocenters. The number of aryl methyl sites for hydroxylation is 2. The van der Waals surface area contributed by atoms with Gasteiger partial charge in [0, 0.05) is 26.0 Å². The minimum Gasteiger partial charge on any atom is -0.354 e. The molecule has 142 valence electrons. The van der Waals surface area contributed by atoms with E-state index in [1.807, 2.05) is 6.92 Å². The molecule has 27 heavy (non-hydrogen) atoms. The Kier molecular flexibility index (Phi) is 4.62. The molecule has 3 aromatic rings. The molecule has 0 aliphatic heterocycles. The van der Waals surface area contributed by atoms with Crippen LogP contribution in [0.1, 0.15) is 12.5 Å². The van der Waals surface area contributed by atoms with Crippen molar-refractivity contribution in [1.29, 1.82) is 0 Å². The summed E-state index contributed by atoms with van der Waals surface area (Å²) < 4.78 is 25.1. The van der Waals surface area contributed by atoms with Crippen LogP contribution in [-0.4, -0.2) is 22.5 Å². The summed E-state index contributed by atoms with van der Waals surface area (Å²) in [4.78, 5) is 29.2. The number of nitrogens with one attached hydrogen (secondary N) is 1. The van der Waals surface area contributed by atoms with Gasteiger partial charge in [-0.25, -0.2) is 23.3 Å². The van der Waals surface area contributed by atoms with Crippen LogP contribution in [0.4, 0.5) is 11.4 Å². The average molecular weight is 389 g/mol. The Bertz CT molecular complexity index is 1260. The number of primary sulfonamides is 1. The number of hydrogen-bond acceptors (Lipinski definition) is 6. The maximum Gasteiger partial charge on any atom is 0.332 e. The standard InChI is InChI=1S/C17H19N5O4S/c1-4-10-9-19-15-13(16(23)22(3)17(24)21(15)2)14(10)20-11-5-7-12(8-6-11)27(18,25)26/h5-9H,4H2,1-3H3,(H,19,20)(H2,18,25,26). The highest BCUT2D eigenvalue weighted by atomic mass is 32.2. The topological polar surface area (TPSA) is 129 Å². The number of sulfonamides is 1. The molecule has 3 N–H and O–H groups in total. The fraction of sp³-hybridized carbons (Fsp3) is 0.235. The number of rotatable bonds is 4. The second kappa shape index (κ2) is 6.63. The molecule has 0 aliphatic carbocycles. The summed E-state index contributed by atoms with van der Waals surface area (Å²) in [6.07, 6.45) is 2.22. The van der Waals surface area contributed by atoms with Crippen LogP contribution in [0.25, 0.3) is 11.0 Å². The van der Waals surface area contributed by atoms with Crippen molar-refractivity contribution in [3.63, 3.8) is 0 Å². The van der Waals surface area contributed by atoms with Crippen LogP contribution >= 0.6 is 0 Å². The fourth-order valence-corrected chi connectivity index (χ4v) is 3.37. The van der Waals surface area contributed by atoms with Crippen LogP contribution in [0, 0.1) is 0 Å². The molecule has 2 heterocycles. The summed E-state index contributed by atoms with van der Waals surface area (Å²) in [7, 11) is -0.833. The monoisotopic (exact) mass is 389 g/mol. The molecule has 2 aromatic heterocycles. The van der Waals surface area contributed by atoms with Gasteiger partial charge in [0.05, 0.1) is 10.6 Å². The van der Waals surface area contributed by atoms with Gasteiger partial charge in [-0.15, -0.1) is 0 Å². The Morgan fingerprint density at radius 3 is 2.30 bits per heavy atom. The number of fused-ring (bicyclic) bond motifs is 1. The highest BCUT2D eigenvalue weighted by Gasteiger charge is 2.17. The Balaban J connectivity index is 2.24.